The molecular weight excluding hydrogens is 420 g/mol. The second kappa shape index (κ2) is 8.89. The Kier molecular flexibility index (Phi) is 5.85. The van der Waals surface area contributed by atoms with Crippen LogP contribution in [0.4, 0.5) is 5.82 Å². The highest BCUT2D eigenvalue weighted by molar-refractivity contribution is 7.99. The molecule has 32 heavy (non-hydrogen) atoms. The van der Waals surface area contributed by atoms with Crippen LogP contribution in [0.3, 0.4) is 0 Å². The molecule has 7 heteroatoms. The van der Waals surface area contributed by atoms with Crippen molar-refractivity contribution in [2.45, 2.75) is 9.92 Å². The SMILES string of the molecule is COc1ccc(-c2c(C#N)c(N)nc(Sc3ccc4ccccc4c3)c2C#N)cc1OC. The van der Waals surface area contributed by atoms with E-state index in [9.17, 15) is 10.5 Å². The normalized spacial score (nSPS) is 10.4. The Morgan fingerprint density at radius 3 is 2.25 bits per heavy atom. The van der Waals surface area contributed by atoms with Crippen molar-refractivity contribution in [1.29, 1.82) is 10.5 Å². The highest BCUT2D eigenvalue weighted by Gasteiger charge is 2.22. The molecule has 3 aromatic carbocycles. The van der Waals surface area contributed by atoms with Crippen molar-refractivity contribution in [2.24, 2.45) is 0 Å². The lowest BCUT2D eigenvalue weighted by atomic mass is 9.96. The van der Waals surface area contributed by atoms with Crippen molar-refractivity contribution in [3.05, 3.63) is 71.8 Å². The molecule has 0 radical (unpaired) electrons. The minimum Gasteiger partial charge on any atom is -0.493 e. The minimum absolute atomic E-state index is 0.0691. The van der Waals surface area contributed by atoms with Crippen LogP contribution in [0, 0.1) is 22.7 Å². The summed E-state index contributed by atoms with van der Waals surface area (Å²) in [5.74, 6) is 1.09. The Bertz CT molecular complexity index is 1420. The number of nitrogen functional groups attached to an aromatic ring is 1. The first-order chi connectivity index (χ1) is 15.6. The summed E-state index contributed by atoms with van der Waals surface area (Å²) in [5, 5.41) is 22.4. The highest BCUT2D eigenvalue weighted by atomic mass is 32.2. The van der Waals surface area contributed by atoms with E-state index in [1.54, 1.807) is 25.3 Å². The van der Waals surface area contributed by atoms with Crippen LogP contribution in [-0.4, -0.2) is 19.2 Å². The number of fused-ring (bicyclic) bond motifs is 1. The first-order valence-corrected chi connectivity index (χ1v) is 10.4. The number of anilines is 1. The lowest BCUT2D eigenvalue weighted by Crippen LogP contribution is -2.03. The molecule has 156 valence electrons. The zero-order valence-electron chi connectivity index (χ0n) is 17.4. The maximum Gasteiger partial charge on any atom is 0.161 e. The number of aromatic nitrogens is 1. The first-order valence-electron chi connectivity index (χ1n) is 9.62. The summed E-state index contributed by atoms with van der Waals surface area (Å²) >= 11 is 1.33. The van der Waals surface area contributed by atoms with Gasteiger partial charge in [-0.2, -0.15) is 10.5 Å². The number of ether oxygens (including phenoxy) is 2. The van der Waals surface area contributed by atoms with Gasteiger partial charge in [0.15, 0.2) is 11.5 Å². The van der Waals surface area contributed by atoms with Gasteiger partial charge in [-0.15, -0.1) is 0 Å². The Morgan fingerprint density at radius 1 is 0.844 bits per heavy atom. The third kappa shape index (κ3) is 3.78. The van der Waals surface area contributed by atoms with Crippen LogP contribution >= 0.6 is 11.8 Å². The van der Waals surface area contributed by atoms with E-state index in [1.165, 1.54) is 18.9 Å². The van der Waals surface area contributed by atoms with Gasteiger partial charge in [0.05, 0.1) is 19.8 Å². The van der Waals surface area contributed by atoms with E-state index in [2.05, 4.69) is 17.1 Å². The van der Waals surface area contributed by atoms with Crippen molar-refractivity contribution in [3.8, 4) is 34.8 Å². The van der Waals surface area contributed by atoms with Gasteiger partial charge in [0.2, 0.25) is 0 Å². The predicted octanol–water partition coefficient (Wildman–Crippen LogP) is 5.40. The molecule has 0 bridgehead atoms. The van der Waals surface area contributed by atoms with Crippen LogP contribution < -0.4 is 15.2 Å². The third-order valence-corrected chi connectivity index (χ3v) is 6.00. The summed E-state index contributed by atoms with van der Waals surface area (Å²) in [7, 11) is 3.07. The van der Waals surface area contributed by atoms with E-state index >= 15 is 0 Å². The van der Waals surface area contributed by atoms with Gasteiger partial charge in [0.1, 0.15) is 28.5 Å². The zero-order valence-corrected chi connectivity index (χ0v) is 18.2. The molecule has 1 heterocycles. The molecule has 0 saturated carbocycles. The fourth-order valence-corrected chi connectivity index (χ4v) is 4.43. The Morgan fingerprint density at radius 2 is 1.56 bits per heavy atom. The fourth-order valence-electron chi connectivity index (χ4n) is 3.49. The maximum atomic E-state index is 10.0. The number of nitriles is 2. The minimum atomic E-state index is 0.0691. The van der Waals surface area contributed by atoms with Gasteiger partial charge in [-0.05, 0) is 40.6 Å². The molecule has 4 aromatic rings. The number of hydrogen-bond donors (Lipinski definition) is 1. The van der Waals surface area contributed by atoms with E-state index in [0.29, 0.717) is 27.7 Å². The smallest absolute Gasteiger partial charge is 0.161 e. The van der Waals surface area contributed by atoms with Gasteiger partial charge in [-0.1, -0.05) is 48.2 Å². The van der Waals surface area contributed by atoms with Crippen LogP contribution in [0.5, 0.6) is 11.5 Å². The second-order valence-electron chi connectivity index (χ2n) is 6.83. The van der Waals surface area contributed by atoms with Crippen molar-refractivity contribution in [1.82, 2.24) is 4.98 Å². The summed E-state index contributed by atoms with van der Waals surface area (Å²) in [6.07, 6.45) is 0. The van der Waals surface area contributed by atoms with Crippen molar-refractivity contribution < 1.29 is 9.47 Å². The van der Waals surface area contributed by atoms with E-state index in [-0.39, 0.29) is 16.9 Å². The zero-order chi connectivity index (χ0) is 22.7. The molecule has 0 atom stereocenters. The Hall–Kier alpha value is -4.20. The Balaban J connectivity index is 1.89. The van der Waals surface area contributed by atoms with Crippen LogP contribution in [-0.2, 0) is 0 Å². The largest absolute Gasteiger partial charge is 0.493 e. The van der Waals surface area contributed by atoms with Crippen molar-refractivity contribution in [3.63, 3.8) is 0 Å². The molecule has 0 unspecified atom stereocenters. The predicted molar refractivity (Wildman–Crippen MR) is 125 cm³/mol. The van der Waals surface area contributed by atoms with Gasteiger partial charge in [0.25, 0.3) is 0 Å². The number of benzene rings is 3. The first kappa shape index (κ1) is 21.0. The number of nitrogens with two attached hydrogens (primary N) is 1. The summed E-state index contributed by atoms with van der Waals surface area (Å²) in [6.45, 7) is 0. The number of methoxy groups -OCH3 is 2. The van der Waals surface area contributed by atoms with Gasteiger partial charge in [0, 0.05) is 10.5 Å². The molecule has 1 aromatic heterocycles. The van der Waals surface area contributed by atoms with Crippen molar-refractivity contribution in [2.75, 3.05) is 20.0 Å². The summed E-state index contributed by atoms with van der Waals surface area (Å²) < 4.78 is 10.7. The molecule has 0 aliphatic heterocycles. The number of rotatable bonds is 5. The molecule has 0 amide bonds. The molecule has 4 rings (SSSR count). The molecule has 2 N–H and O–H groups in total. The third-order valence-electron chi connectivity index (χ3n) is 5.02. The summed E-state index contributed by atoms with van der Waals surface area (Å²) in [5.41, 5.74) is 7.62. The standard InChI is InChI=1S/C25H18N4O2S/c1-30-21-10-8-17(12-22(21)31-2)23-19(13-26)24(28)29-25(20(23)14-27)32-18-9-7-15-5-3-4-6-16(15)11-18/h3-12H,1-2H3,(H2,28,29). The van der Waals surface area contributed by atoms with Crippen molar-refractivity contribution >= 4 is 28.4 Å². The molecule has 0 aliphatic carbocycles. The van der Waals surface area contributed by atoms with E-state index in [1.807, 2.05) is 42.5 Å². The lowest BCUT2D eigenvalue weighted by molar-refractivity contribution is 0.355. The van der Waals surface area contributed by atoms with Crippen LogP contribution in [0.15, 0.2) is 70.6 Å². The van der Waals surface area contributed by atoms with E-state index in [0.717, 1.165) is 15.7 Å². The second-order valence-corrected chi connectivity index (χ2v) is 7.89. The highest BCUT2D eigenvalue weighted by Crippen LogP contribution is 2.41. The molecule has 0 fully saturated rings. The van der Waals surface area contributed by atoms with E-state index in [4.69, 9.17) is 15.2 Å². The van der Waals surface area contributed by atoms with E-state index < -0.39 is 0 Å². The number of pyridine rings is 1. The average molecular weight is 439 g/mol. The lowest BCUT2D eigenvalue weighted by Gasteiger charge is -2.15. The average Bonchev–Trinajstić information content (AvgIpc) is 2.83. The van der Waals surface area contributed by atoms with Gasteiger partial charge < -0.3 is 15.2 Å². The van der Waals surface area contributed by atoms with Crippen LogP contribution in [0.25, 0.3) is 21.9 Å². The topological polar surface area (TPSA) is 105 Å². The maximum absolute atomic E-state index is 10.0. The van der Waals surface area contributed by atoms with Crippen LogP contribution in [0.2, 0.25) is 0 Å². The monoisotopic (exact) mass is 438 g/mol. The summed E-state index contributed by atoms with van der Waals surface area (Å²) in [6, 6.07) is 23.6. The molecule has 0 saturated heterocycles. The van der Waals surface area contributed by atoms with Gasteiger partial charge >= 0.3 is 0 Å². The number of nitrogens with zero attached hydrogens (tertiary/aromatic N) is 3. The van der Waals surface area contributed by atoms with Gasteiger partial charge in [-0.25, -0.2) is 4.98 Å². The quantitative estimate of drug-likeness (QED) is 0.445. The summed E-state index contributed by atoms with van der Waals surface area (Å²) in [4.78, 5) is 5.30. The molecule has 6 nitrogen and oxygen atoms in total. The fraction of sp³-hybridized carbons (Fsp3) is 0.0800. The molecular formula is C25H18N4O2S. The Labute approximate surface area is 189 Å². The molecule has 0 spiro atoms. The molecule has 0 aliphatic rings. The van der Waals surface area contributed by atoms with Gasteiger partial charge in [-0.3, -0.25) is 0 Å². The van der Waals surface area contributed by atoms with Crippen LogP contribution in [0.1, 0.15) is 11.1 Å². The number of hydrogen-bond acceptors (Lipinski definition) is 7.